The van der Waals surface area contributed by atoms with Crippen LogP contribution in [0.3, 0.4) is 0 Å². The predicted molar refractivity (Wildman–Crippen MR) is 80.2 cm³/mol. The number of carbonyl (C=O) groups excluding carboxylic acids is 1. The molecule has 3 saturated heterocycles. The van der Waals surface area contributed by atoms with Crippen molar-refractivity contribution in [1.82, 2.24) is 0 Å². The second kappa shape index (κ2) is 6.31. The quantitative estimate of drug-likeness (QED) is 0.662. The summed E-state index contributed by atoms with van der Waals surface area (Å²) in [4.78, 5) is 13.5. The minimum absolute atomic E-state index is 0.107. The van der Waals surface area contributed by atoms with Crippen LogP contribution in [0.5, 0.6) is 5.75 Å². The zero-order valence-corrected chi connectivity index (χ0v) is 12.4. The van der Waals surface area contributed by atoms with Crippen molar-refractivity contribution in [3.8, 4) is 5.75 Å². The summed E-state index contributed by atoms with van der Waals surface area (Å²) >= 11 is 0. The molecule has 0 saturated carbocycles. The molecule has 2 bridgehead atoms. The molecule has 4 rings (SSSR count). The molecule has 112 valence electrons. The van der Waals surface area contributed by atoms with Crippen LogP contribution in [0.1, 0.15) is 18.4 Å². The molecule has 21 heavy (non-hydrogen) atoms. The van der Waals surface area contributed by atoms with Crippen LogP contribution in [0.15, 0.2) is 30.3 Å². The Bertz CT molecular complexity index is 515. The van der Waals surface area contributed by atoms with Gasteiger partial charge in [0.2, 0.25) is 0 Å². The summed E-state index contributed by atoms with van der Waals surface area (Å²) in [5.74, 6) is 1.15. The van der Waals surface area contributed by atoms with Gasteiger partial charge in [-0.05, 0) is 23.8 Å². The number of rotatable bonds is 4. The Morgan fingerprint density at radius 1 is 1.24 bits per heavy atom. The largest absolute Gasteiger partial charge is 0.497 e. The van der Waals surface area contributed by atoms with Gasteiger partial charge in [-0.1, -0.05) is 12.1 Å². The first-order chi connectivity index (χ1) is 10.2. The summed E-state index contributed by atoms with van der Waals surface area (Å²) in [5.41, 5.74) is 0.965. The fourth-order valence-electron chi connectivity index (χ4n) is 3.28. The lowest BCUT2D eigenvalue weighted by molar-refractivity contribution is -0.920. The number of benzene rings is 1. The van der Waals surface area contributed by atoms with E-state index in [4.69, 9.17) is 9.47 Å². The number of quaternary nitrogens is 1. The molecule has 0 amide bonds. The summed E-state index contributed by atoms with van der Waals surface area (Å²) in [6, 6.07) is 7.59. The number of piperidine rings is 3. The van der Waals surface area contributed by atoms with Gasteiger partial charge in [-0.2, -0.15) is 0 Å². The number of methoxy groups -OCH3 is 1. The summed E-state index contributed by atoms with van der Waals surface area (Å²) < 4.78 is 10.7. The van der Waals surface area contributed by atoms with E-state index >= 15 is 0 Å². The summed E-state index contributed by atoms with van der Waals surface area (Å²) in [5, 5.41) is 0. The number of hydrogen-bond donors (Lipinski definition) is 1. The second-order valence-electron chi connectivity index (χ2n) is 5.87. The summed E-state index contributed by atoms with van der Waals surface area (Å²) in [6.45, 7) is 3.45. The molecule has 0 unspecified atom stereocenters. The lowest BCUT2D eigenvalue weighted by Gasteiger charge is -2.40. The number of ether oxygens (including phenoxy) is 2. The Kier molecular flexibility index (Phi) is 4.25. The molecule has 1 N–H and O–H groups in total. The first-order valence-corrected chi connectivity index (χ1v) is 7.61. The third kappa shape index (κ3) is 3.45. The van der Waals surface area contributed by atoms with Gasteiger partial charge in [-0.15, -0.1) is 0 Å². The number of hydrogen-bond acceptors (Lipinski definition) is 3. The van der Waals surface area contributed by atoms with Crippen LogP contribution in [0, 0.1) is 5.92 Å². The van der Waals surface area contributed by atoms with Crippen LogP contribution in [0.2, 0.25) is 0 Å². The standard InChI is InChI=1S/C17H21NO3/c1-20-15-5-2-13(3-6-15)4-7-17(19)21-16-12-18-10-8-14(16)9-11-18/h2-7,14,16H,8-12H2,1H3/p+1/b7-4+/t16-/m0/s1. The second-order valence-corrected chi connectivity index (χ2v) is 5.87. The Hall–Kier alpha value is -1.81. The highest BCUT2D eigenvalue weighted by molar-refractivity contribution is 5.87. The van der Waals surface area contributed by atoms with Gasteiger partial charge in [0.05, 0.1) is 20.2 Å². The van der Waals surface area contributed by atoms with Crippen LogP contribution in [-0.4, -0.2) is 38.8 Å². The first kappa shape index (κ1) is 14.1. The third-order valence-electron chi connectivity index (χ3n) is 4.55. The summed E-state index contributed by atoms with van der Waals surface area (Å²) in [6.07, 6.45) is 5.80. The predicted octanol–water partition coefficient (Wildman–Crippen LogP) is 0.929. The average molecular weight is 288 g/mol. The normalized spacial score (nSPS) is 27.8. The van der Waals surface area contributed by atoms with Crippen molar-refractivity contribution in [3.63, 3.8) is 0 Å². The number of carbonyl (C=O) groups is 1. The zero-order chi connectivity index (χ0) is 14.7. The van der Waals surface area contributed by atoms with E-state index in [1.165, 1.54) is 32.0 Å². The van der Waals surface area contributed by atoms with Crippen LogP contribution >= 0.6 is 0 Å². The fraction of sp³-hybridized carbons (Fsp3) is 0.471. The summed E-state index contributed by atoms with van der Waals surface area (Å²) in [7, 11) is 1.64. The molecule has 0 spiro atoms. The lowest BCUT2D eigenvalue weighted by atomic mass is 9.86. The van der Waals surface area contributed by atoms with Gasteiger partial charge in [0.15, 0.2) is 6.10 Å². The number of esters is 1. The van der Waals surface area contributed by atoms with Crippen molar-refractivity contribution in [3.05, 3.63) is 35.9 Å². The molecule has 3 fully saturated rings. The monoisotopic (exact) mass is 288 g/mol. The van der Waals surface area contributed by atoms with E-state index in [-0.39, 0.29) is 12.1 Å². The molecular weight excluding hydrogens is 266 g/mol. The van der Waals surface area contributed by atoms with E-state index < -0.39 is 0 Å². The van der Waals surface area contributed by atoms with E-state index in [0.717, 1.165) is 17.9 Å². The Morgan fingerprint density at radius 2 is 1.95 bits per heavy atom. The fourth-order valence-corrected chi connectivity index (χ4v) is 3.28. The molecule has 4 nitrogen and oxygen atoms in total. The van der Waals surface area contributed by atoms with Gasteiger partial charge in [-0.25, -0.2) is 4.79 Å². The van der Waals surface area contributed by atoms with Crippen molar-refractivity contribution < 1.29 is 19.2 Å². The highest BCUT2D eigenvalue weighted by atomic mass is 16.5. The number of fused-ring (bicyclic) bond motifs is 3. The van der Waals surface area contributed by atoms with Gasteiger partial charge >= 0.3 is 5.97 Å². The maximum absolute atomic E-state index is 11.9. The third-order valence-corrected chi connectivity index (χ3v) is 4.55. The van der Waals surface area contributed by atoms with E-state index in [9.17, 15) is 4.79 Å². The molecule has 1 aromatic carbocycles. The molecule has 4 heteroatoms. The number of nitrogens with one attached hydrogen (secondary N) is 1. The van der Waals surface area contributed by atoms with Gasteiger partial charge in [0.25, 0.3) is 0 Å². The van der Waals surface area contributed by atoms with E-state index in [1.54, 1.807) is 18.1 Å². The van der Waals surface area contributed by atoms with Crippen LogP contribution in [0.4, 0.5) is 0 Å². The zero-order valence-electron chi connectivity index (χ0n) is 12.4. The smallest absolute Gasteiger partial charge is 0.331 e. The van der Waals surface area contributed by atoms with Crippen LogP contribution in [0.25, 0.3) is 6.08 Å². The van der Waals surface area contributed by atoms with Crippen molar-refractivity contribution in [1.29, 1.82) is 0 Å². The van der Waals surface area contributed by atoms with Gasteiger partial charge in [0, 0.05) is 24.8 Å². The Morgan fingerprint density at radius 3 is 2.52 bits per heavy atom. The van der Waals surface area contributed by atoms with E-state index in [2.05, 4.69) is 0 Å². The SMILES string of the molecule is COc1ccc(/C=C/C(=O)O[C@H]2C[NH+]3CCC2CC3)cc1. The first-order valence-electron chi connectivity index (χ1n) is 7.61. The van der Waals surface area contributed by atoms with Crippen molar-refractivity contribution in [2.75, 3.05) is 26.7 Å². The molecule has 1 atom stereocenters. The Balaban J connectivity index is 1.54. The Labute approximate surface area is 125 Å². The maximum atomic E-state index is 11.9. The van der Waals surface area contributed by atoms with Crippen molar-refractivity contribution in [2.24, 2.45) is 5.92 Å². The van der Waals surface area contributed by atoms with Crippen molar-refractivity contribution >= 4 is 12.0 Å². The minimum atomic E-state index is -0.232. The topological polar surface area (TPSA) is 40.0 Å². The van der Waals surface area contributed by atoms with Crippen LogP contribution < -0.4 is 9.64 Å². The molecule has 0 aliphatic carbocycles. The van der Waals surface area contributed by atoms with E-state index in [0.29, 0.717) is 5.92 Å². The highest BCUT2D eigenvalue weighted by Gasteiger charge is 2.39. The highest BCUT2D eigenvalue weighted by Crippen LogP contribution is 2.21. The molecule has 0 aromatic heterocycles. The molecular formula is C17H22NO3+. The molecule has 0 radical (unpaired) electrons. The van der Waals surface area contributed by atoms with Gasteiger partial charge in [-0.3, -0.25) is 0 Å². The van der Waals surface area contributed by atoms with Gasteiger partial charge in [0.1, 0.15) is 12.3 Å². The lowest BCUT2D eigenvalue weighted by Crippen LogP contribution is -3.16. The van der Waals surface area contributed by atoms with E-state index in [1.807, 2.05) is 24.3 Å². The minimum Gasteiger partial charge on any atom is -0.497 e. The molecule has 1 aromatic rings. The molecule has 3 aliphatic rings. The maximum Gasteiger partial charge on any atom is 0.331 e. The molecule has 3 aliphatic heterocycles. The van der Waals surface area contributed by atoms with Crippen molar-refractivity contribution in [2.45, 2.75) is 18.9 Å². The average Bonchev–Trinajstić information content (AvgIpc) is 2.54. The molecule has 3 heterocycles. The van der Waals surface area contributed by atoms with Gasteiger partial charge < -0.3 is 14.4 Å². The van der Waals surface area contributed by atoms with Crippen LogP contribution in [-0.2, 0) is 9.53 Å².